The van der Waals surface area contributed by atoms with E-state index in [-0.39, 0.29) is 23.1 Å². The van der Waals surface area contributed by atoms with Gasteiger partial charge in [-0.05, 0) is 56.0 Å². The number of benzene rings is 1. The highest BCUT2D eigenvalue weighted by Gasteiger charge is 2.18. The van der Waals surface area contributed by atoms with Crippen molar-refractivity contribution in [3.05, 3.63) is 99.7 Å². The number of hydrogen-bond acceptors (Lipinski definition) is 3. The molecule has 0 aliphatic heterocycles. The quantitative estimate of drug-likeness (QED) is 0.643. The molecule has 0 fully saturated rings. The molecule has 3 aromatic rings. The van der Waals surface area contributed by atoms with E-state index in [0.717, 1.165) is 24.1 Å². The van der Waals surface area contributed by atoms with Crippen LogP contribution in [0.5, 0.6) is 0 Å². The molecule has 1 N–H and O–H groups in total. The highest BCUT2D eigenvalue weighted by Crippen LogP contribution is 2.16. The van der Waals surface area contributed by atoms with E-state index in [0.29, 0.717) is 12.1 Å². The normalized spacial score (nSPS) is 11.8. The van der Waals surface area contributed by atoms with Crippen LogP contribution in [0.4, 0.5) is 0 Å². The molecule has 0 spiro atoms. The molecule has 0 saturated heterocycles. The molecule has 144 valence electrons. The van der Waals surface area contributed by atoms with Gasteiger partial charge < -0.3 is 9.88 Å². The van der Waals surface area contributed by atoms with E-state index in [1.54, 1.807) is 23.9 Å². The largest absolute Gasteiger partial charge is 0.352 e. The van der Waals surface area contributed by atoms with Crippen LogP contribution in [0, 0.1) is 6.92 Å². The average molecular weight is 375 g/mol. The summed E-state index contributed by atoms with van der Waals surface area (Å²) in [5, 5.41) is 2.88. The Bertz CT molecular complexity index is 982. The smallest absolute Gasteiger partial charge is 0.264 e. The molecule has 3 rings (SSSR count). The van der Waals surface area contributed by atoms with Gasteiger partial charge in [0.1, 0.15) is 5.56 Å². The van der Waals surface area contributed by atoms with Crippen molar-refractivity contribution in [2.75, 3.05) is 6.54 Å². The standard InChI is InChI=1S/C23H25N3O2/c1-17-13-16-26(18(2)19-9-4-3-5-10-19)23(28)21(17)22(27)25-15-8-12-20-11-6-7-14-24-20/h3-7,9-11,13-14,16,18H,8,12,15H2,1-2H3,(H,25,27). The van der Waals surface area contributed by atoms with Gasteiger partial charge in [-0.1, -0.05) is 36.4 Å². The number of amides is 1. The van der Waals surface area contributed by atoms with Crippen LogP contribution in [0.25, 0.3) is 0 Å². The first-order valence-electron chi connectivity index (χ1n) is 9.52. The Balaban J connectivity index is 1.70. The van der Waals surface area contributed by atoms with Gasteiger partial charge in [-0.15, -0.1) is 0 Å². The molecule has 2 aromatic heterocycles. The first kappa shape index (κ1) is 19.5. The number of aromatic nitrogens is 2. The summed E-state index contributed by atoms with van der Waals surface area (Å²) in [7, 11) is 0. The van der Waals surface area contributed by atoms with E-state index in [9.17, 15) is 9.59 Å². The van der Waals surface area contributed by atoms with Gasteiger partial charge in [0.25, 0.3) is 11.5 Å². The molecule has 0 saturated carbocycles. The summed E-state index contributed by atoms with van der Waals surface area (Å²) in [5.41, 5.74) is 2.65. The molecule has 0 bridgehead atoms. The minimum Gasteiger partial charge on any atom is -0.352 e. The van der Waals surface area contributed by atoms with Crippen molar-refractivity contribution in [3.63, 3.8) is 0 Å². The Morgan fingerprint density at radius 2 is 1.86 bits per heavy atom. The maximum absolute atomic E-state index is 13.0. The summed E-state index contributed by atoms with van der Waals surface area (Å²) in [6.45, 7) is 4.25. The third-order valence-corrected chi connectivity index (χ3v) is 4.88. The molecule has 1 aromatic carbocycles. The second kappa shape index (κ2) is 9.13. The summed E-state index contributed by atoms with van der Waals surface area (Å²) >= 11 is 0. The Morgan fingerprint density at radius 3 is 2.57 bits per heavy atom. The van der Waals surface area contributed by atoms with Crippen LogP contribution in [0.15, 0.2) is 71.8 Å². The van der Waals surface area contributed by atoms with Crippen LogP contribution in [-0.2, 0) is 6.42 Å². The molecule has 28 heavy (non-hydrogen) atoms. The number of nitrogens with zero attached hydrogens (tertiary/aromatic N) is 2. The maximum Gasteiger partial charge on any atom is 0.264 e. The molecule has 0 aliphatic rings. The molecule has 1 unspecified atom stereocenters. The van der Waals surface area contributed by atoms with Crippen LogP contribution >= 0.6 is 0 Å². The van der Waals surface area contributed by atoms with Crippen LogP contribution in [0.1, 0.15) is 46.6 Å². The van der Waals surface area contributed by atoms with E-state index in [1.165, 1.54) is 0 Å². The lowest BCUT2D eigenvalue weighted by molar-refractivity contribution is 0.0950. The molecule has 5 heteroatoms. The number of rotatable bonds is 7. The van der Waals surface area contributed by atoms with Crippen LogP contribution in [-0.4, -0.2) is 22.0 Å². The van der Waals surface area contributed by atoms with Gasteiger partial charge in [0, 0.05) is 24.6 Å². The van der Waals surface area contributed by atoms with Crippen molar-refractivity contribution in [3.8, 4) is 0 Å². The minimum atomic E-state index is -0.321. The topological polar surface area (TPSA) is 64.0 Å². The summed E-state index contributed by atoms with van der Waals surface area (Å²) < 4.78 is 1.62. The highest BCUT2D eigenvalue weighted by molar-refractivity contribution is 5.95. The fourth-order valence-electron chi connectivity index (χ4n) is 3.22. The highest BCUT2D eigenvalue weighted by atomic mass is 16.2. The molecule has 1 amide bonds. The Labute approximate surface area is 165 Å². The zero-order chi connectivity index (χ0) is 19.9. The molecule has 1 atom stereocenters. The van der Waals surface area contributed by atoms with Crippen molar-refractivity contribution >= 4 is 5.91 Å². The molecule has 5 nitrogen and oxygen atoms in total. The maximum atomic E-state index is 13.0. The lowest BCUT2D eigenvalue weighted by atomic mass is 10.1. The van der Waals surface area contributed by atoms with E-state index >= 15 is 0 Å². The van der Waals surface area contributed by atoms with E-state index < -0.39 is 0 Å². The number of pyridine rings is 2. The lowest BCUT2D eigenvalue weighted by Crippen LogP contribution is -2.35. The van der Waals surface area contributed by atoms with Crippen molar-refractivity contribution in [2.45, 2.75) is 32.7 Å². The van der Waals surface area contributed by atoms with Gasteiger partial charge in [-0.2, -0.15) is 0 Å². The summed E-state index contributed by atoms with van der Waals surface area (Å²) in [6.07, 6.45) is 5.07. The Morgan fingerprint density at radius 1 is 1.11 bits per heavy atom. The number of carbonyl (C=O) groups excluding carboxylic acids is 1. The molecule has 0 radical (unpaired) electrons. The minimum absolute atomic E-state index is 0.148. The van der Waals surface area contributed by atoms with Crippen molar-refractivity contribution in [2.24, 2.45) is 0 Å². The summed E-state index contributed by atoms with van der Waals surface area (Å²) in [4.78, 5) is 29.9. The van der Waals surface area contributed by atoms with Crippen molar-refractivity contribution in [1.29, 1.82) is 0 Å². The van der Waals surface area contributed by atoms with E-state index in [1.807, 2.05) is 61.5 Å². The lowest BCUT2D eigenvalue weighted by Gasteiger charge is -2.17. The van der Waals surface area contributed by atoms with Gasteiger partial charge >= 0.3 is 0 Å². The molecule has 0 aliphatic carbocycles. The van der Waals surface area contributed by atoms with E-state index in [4.69, 9.17) is 0 Å². The third kappa shape index (κ3) is 4.55. The zero-order valence-corrected chi connectivity index (χ0v) is 16.3. The number of aryl methyl sites for hydroxylation is 2. The fourth-order valence-corrected chi connectivity index (χ4v) is 3.22. The van der Waals surface area contributed by atoms with Gasteiger partial charge in [0.05, 0.1) is 6.04 Å². The van der Waals surface area contributed by atoms with E-state index in [2.05, 4.69) is 10.3 Å². The van der Waals surface area contributed by atoms with Gasteiger partial charge in [-0.25, -0.2) is 0 Å². The number of hydrogen-bond donors (Lipinski definition) is 1. The molecule has 2 heterocycles. The van der Waals surface area contributed by atoms with Crippen LogP contribution in [0.3, 0.4) is 0 Å². The Kier molecular flexibility index (Phi) is 6.37. The first-order valence-corrected chi connectivity index (χ1v) is 9.52. The monoisotopic (exact) mass is 375 g/mol. The predicted octanol–water partition coefficient (Wildman–Crippen LogP) is 3.52. The van der Waals surface area contributed by atoms with Gasteiger partial charge in [0.15, 0.2) is 0 Å². The van der Waals surface area contributed by atoms with Gasteiger partial charge in [0.2, 0.25) is 0 Å². The van der Waals surface area contributed by atoms with Crippen molar-refractivity contribution < 1.29 is 4.79 Å². The average Bonchev–Trinajstić information content (AvgIpc) is 2.72. The molecular weight excluding hydrogens is 350 g/mol. The SMILES string of the molecule is Cc1ccn(C(C)c2ccccc2)c(=O)c1C(=O)NCCCc1ccccn1. The predicted molar refractivity (Wildman–Crippen MR) is 111 cm³/mol. The Hall–Kier alpha value is -3.21. The summed E-state index contributed by atoms with van der Waals surface area (Å²) in [5.74, 6) is -0.321. The summed E-state index contributed by atoms with van der Waals surface area (Å²) in [6, 6.07) is 17.3. The van der Waals surface area contributed by atoms with Crippen LogP contribution < -0.4 is 10.9 Å². The van der Waals surface area contributed by atoms with Crippen molar-refractivity contribution in [1.82, 2.24) is 14.9 Å². The second-order valence-corrected chi connectivity index (χ2v) is 6.85. The van der Waals surface area contributed by atoms with Gasteiger partial charge in [-0.3, -0.25) is 14.6 Å². The second-order valence-electron chi connectivity index (χ2n) is 6.85. The molecular formula is C23H25N3O2. The fraction of sp³-hybridized carbons (Fsp3) is 0.261. The number of nitrogens with one attached hydrogen (secondary N) is 1. The number of carbonyl (C=O) groups is 1. The third-order valence-electron chi connectivity index (χ3n) is 4.88. The zero-order valence-electron chi connectivity index (χ0n) is 16.3. The first-order chi connectivity index (χ1) is 13.6. The van der Waals surface area contributed by atoms with Crippen LogP contribution in [0.2, 0.25) is 0 Å².